The topological polar surface area (TPSA) is 116 Å². The van der Waals surface area contributed by atoms with Crippen LogP contribution in [0, 0.1) is 0 Å². The van der Waals surface area contributed by atoms with Gasteiger partial charge in [-0.25, -0.2) is 19.0 Å². The number of carboxylic acids is 1. The molecule has 0 radical (unpaired) electrons. The first-order valence-corrected chi connectivity index (χ1v) is 18.8. The molecule has 2 N–H and O–H groups in total. The summed E-state index contributed by atoms with van der Waals surface area (Å²) in [6, 6.07) is 20.1. The number of amides is 1. The SMILES string of the molecule is CC(C)(C)OC(=O)n1cc(C[C@H](NC(=O)OCC2c3ccccc3-c3ccccc32)C(=O)O)c2cccc(O[Si](C)(C)C(C)(C)C)c21. The molecule has 1 aliphatic carbocycles. The number of hydrogen-bond acceptors (Lipinski definition) is 6. The number of fused-ring (bicyclic) bond motifs is 4. The van der Waals surface area contributed by atoms with Gasteiger partial charge < -0.3 is 24.3 Å². The average Bonchev–Trinajstić information content (AvgIpc) is 3.51. The second kappa shape index (κ2) is 12.6. The van der Waals surface area contributed by atoms with E-state index in [0.29, 0.717) is 22.2 Å². The molecule has 1 atom stereocenters. The van der Waals surface area contributed by atoms with E-state index in [1.807, 2.05) is 66.7 Å². The quantitative estimate of drug-likeness (QED) is 0.183. The van der Waals surface area contributed by atoms with Crippen molar-refractivity contribution >= 4 is 37.4 Å². The Bertz CT molecular complexity index is 1780. The van der Waals surface area contributed by atoms with Crippen molar-refractivity contribution in [2.24, 2.45) is 0 Å². The Labute approximate surface area is 277 Å². The van der Waals surface area contributed by atoms with Crippen molar-refractivity contribution in [2.45, 2.75) is 83.7 Å². The van der Waals surface area contributed by atoms with Crippen molar-refractivity contribution in [3.8, 4) is 16.9 Å². The Morgan fingerprint density at radius 3 is 2.04 bits per heavy atom. The molecule has 47 heavy (non-hydrogen) atoms. The molecule has 0 saturated heterocycles. The summed E-state index contributed by atoms with van der Waals surface area (Å²) in [5, 5.41) is 13.2. The van der Waals surface area contributed by atoms with E-state index >= 15 is 0 Å². The fraction of sp³-hybridized carbons (Fsp3) is 0.378. The van der Waals surface area contributed by atoms with E-state index in [1.54, 1.807) is 27.0 Å². The molecule has 9 nitrogen and oxygen atoms in total. The van der Waals surface area contributed by atoms with Crippen LogP contribution >= 0.6 is 0 Å². The zero-order valence-corrected chi connectivity index (χ0v) is 29.3. The van der Waals surface area contributed by atoms with Crippen LogP contribution in [0.5, 0.6) is 5.75 Å². The molecule has 1 aliphatic rings. The molecule has 10 heteroatoms. The van der Waals surface area contributed by atoms with Crippen molar-refractivity contribution in [3.05, 3.63) is 89.6 Å². The zero-order valence-electron chi connectivity index (χ0n) is 28.3. The van der Waals surface area contributed by atoms with E-state index < -0.39 is 38.1 Å². The van der Waals surface area contributed by atoms with Crippen LogP contribution in [-0.2, 0) is 20.7 Å². The van der Waals surface area contributed by atoms with Gasteiger partial charge in [0, 0.05) is 23.9 Å². The Kier molecular flexibility index (Phi) is 9.03. The summed E-state index contributed by atoms with van der Waals surface area (Å²) in [5.41, 5.74) is 4.57. The van der Waals surface area contributed by atoms with Crippen LogP contribution < -0.4 is 9.74 Å². The summed E-state index contributed by atoms with van der Waals surface area (Å²) in [6.45, 7) is 16.0. The summed E-state index contributed by atoms with van der Waals surface area (Å²) >= 11 is 0. The van der Waals surface area contributed by atoms with Crippen LogP contribution in [0.25, 0.3) is 22.0 Å². The Morgan fingerprint density at radius 1 is 0.894 bits per heavy atom. The van der Waals surface area contributed by atoms with Crippen LogP contribution in [0.1, 0.15) is 64.2 Å². The molecule has 1 aromatic heterocycles. The highest BCUT2D eigenvalue weighted by molar-refractivity contribution is 6.74. The molecule has 1 amide bonds. The van der Waals surface area contributed by atoms with Crippen LogP contribution in [0.15, 0.2) is 72.9 Å². The highest BCUT2D eigenvalue weighted by Gasteiger charge is 2.40. The molecular weight excluding hydrogens is 613 g/mol. The van der Waals surface area contributed by atoms with Gasteiger partial charge in [-0.05, 0) is 72.8 Å². The third kappa shape index (κ3) is 7.07. The molecule has 5 rings (SSSR count). The van der Waals surface area contributed by atoms with E-state index in [9.17, 15) is 19.5 Å². The zero-order chi connectivity index (χ0) is 34.3. The molecule has 248 valence electrons. The normalized spacial score (nSPS) is 13.9. The number of ether oxygens (including phenoxy) is 2. The highest BCUT2D eigenvalue weighted by atomic mass is 28.4. The minimum atomic E-state index is -2.33. The predicted molar refractivity (Wildman–Crippen MR) is 185 cm³/mol. The summed E-state index contributed by atoms with van der Waals surface area (Å²) in [6.07, 6.45) is 0.0237. The Balaban J connectivity index is 1.41. The first kappa shape index (κ1) is 33.8. The fourth-order valence-corrected chi connectivity index (χ4v) is 6.67. The van der Waals surface area contributed by atoms with Gasteiger partial charge in [-0.3, -0.25) is 0 Å². The van der Waals surface area contributed by atoms with Crippen molar-refractivity contribution in [1.82, 2.24) is 9.88 Å². The van der Waals surface area contributed by atoms with Gasteiger partial charge in [-0.2, -0.15) is 0 Å². The van der Waals surface area contributed by atoms with Gasteiger partial charge in [0.05, 0.1) is 5.52 Å². The fourth-order valence-electron chi connectivity index (χ4n) is 5.65. The van der Waals surface area contributed by atoms with Crippen LogP contribution in [-0.4, -0.2) is 54.4 Å². The van der Waals surface area contributed by atoms with Gasteiger partial charge in [0.2, 0.25) is 0 Å². The number of para-hydroxylation sites is 1. The Hall–Kier alpha value is -4.57. The molecule has 1 heterocycles. The van der Waals surface area contributed by atoms with E-state index in [4.69, 9.17) is 13.9 Å². The predicted octanol–water partition coefficient (Wildman–Crippen LogP) is 8.34. The second-order valence-electron chi connectivity index (χ2n) is 14.6. The molecular formula is C37H44N2O7Si. The van der Waals surface area contributed by atoms with Crippen LogP contribution in [0.4, 0.5) is 9.59 Å². The van der Waals surface area contributed by atoms with Gasteiger partial charge in [0.1, 0.15) is 24.0 Å². The molecule has 0 bridgehead atoms. The van der Waals surface area contributed by atoms with E-state index in [1.165, 1.54) is 4.57 Å². The number of aromatic nitrogens is 1. The smallest absolute Gasteiger partial charge is 0.419 e. The number of rotatable bonds is 8. The third-order valence-electron chi connectivity index (χ3n) is 8.99. The third-order valence-corrected chi connectivity index (χ3v) is 13.3. The van der Waals surface area contributed by atoms with Gasteiger partial charge in [-0.15, -0.1) is 0 Å². The molecule has 0 unspecified atom stereocenters. The van der Waals surface area contributed by atoms with Gasteiger partial charge in [-0.1, -0.05) is 81.4 Å². The average molecular weight is 657 g/mol. The van der Waals surface area contributed by atoms with E-state index in [0.717, 1.165) is 22.3 Å². The lowest BCUT2D eigenvalue weighted by molar-refractivity contribution is -0.139. The number of carbonyl (C=O) groups is 3. The number of benzene rings is 3. The number of hydrogen-bond donors (Lipinski definition) is 2. The lowest BCUT2D eigenvalue weighted by atomic mass is 9.98. The van der Waals surface area contributed by atoms with Crippen LogP contribution in [0.3, 0.4) is 0 Å². The van der Waals surface area contributed by atoms with Gasteiger partial charge in [0.15, 0.2) is 0 Å². The molecule has 0 spiro atoms. The lowest BCUT2D eigenvalue weighted by Gasteiger charge is -2.36. The minimum Gasteiger partial charge on any atom is -0.542 e. The minimum absolute atomic E-state index is 0.0539. The van der Waals surface area contributed by atoms with E-state index in [2.05, 4.69) is 39.2 Å². The number of carbonyl (C=O) groups excluding carboxylic acids is 2. The summed E-state index contributed by atoms with van der Waals surface area (Å²) in [7, 11) is -2.33. The molecule has 4 aromatic rings. The number of nitrogens with one attached hydrogen (secondary N) is 1. The van der Waals surface area contributed by atoms with Crippen molar-refractivity contribution < 1.29 is 33.4 Å². The second-order valence-corrected chi connectivity index (χ2v) is 19.3. The number of alkyl carbamates (subject to hydrolysis) is 1. The molecule has 0 aliphatic heterocycles. The molecule has 0 saturated carbocycles. The first-order chi connectivity index (χ1) is 22.0. The van der Waals surface area contributed by atoms with E-state index in [-0.39, 0.29) is 24.0 Å². The monoisotopic (exact) mass is 656 g/mol. The number of aliphatic carboxylic acids is 1. The summed E-state index contributed by atoms with van der Waals surface area (Å²) < 4.78 is 19.4. The highest BCUT2D eigenvalue weighted by Crippen LogP contribution is 2.44. The standard InChI is InChI=1S/C37H44N2O7Si/c1-36(2,3)45-35(43)39-21-23(24-18-13-19-31(32(24)39)46-47(7,8)37(4,5)6)20-30(33(40)41)38-34(42)44-22-29-27-16-11-9-14-25(27)26-15-10-12-17-28(26)29/h9-19,21,29-30H,20,22H2,1-8H3,(H,38,42)(H,40,41)/t30-/m0/s1. The summed E-state index contributed by atoms with van der Waals surface area (Å²) in [4.78, 5) is 39.0. The number of nitrogens with zero attached hydrogens (tertiary/aromatic N) is 1. The molecule has 0 fully saturated rings. The van der Waals surface area contributed by atoms with Crippen molar-refractivity contribution in [2.75, 3.05) is 6.61 Å². The van der Waals surface area contributed by atoms with Crippen molar-refractivity contribution in [1.29, 1.82) is 0 Å². The first-order valence-electron chi connectivity index (χ1n) is 15.9. The maximum atomic E-state index is 13.5. The maximum Gasteiger partial charge on any atom is 0.419 e. The lowest BCUT2D eigenvalue weighted by Crippen LogP contribution is -2.44. The van der Waals surface area contributed by atoms with Gasteiger partial charge in [0.25, 0.3) is 8.32 Å². The Morgan fingerprint density at radius 2 is 1.49 bits per heavy atom. The number of carboxylic acid groups (broad SMARTS) is 1. The maximum absolute atomic E-state index is 13.5. The van der Waals surface area contributed by atoms with Crippen molar-refractivity contribution in [3.63, 3.8) is 0 Å². The van der Waals surface area contributed by atoms with Gasteiger partial charge >= 0.3 is 18.2 Å². The van der Waals surface area contributed by atoms with Crippen LogP contribution in [0.2, 0.25) is 18.1 Å². The molecule has 3 aromatic carbocycles. The largest absolute Gasteiger partial charge is 0.542 e. The summed E-state index contributed by atoms with van der Waals surface area (Å²) in [5.74, 6) is -0.879.